The van der Waals surface area contributed by atoms with Crippen molar-refractivity contribution >= 4 is 38.4 Å². The smallest absolute Gasteiger partial charge is 0.289 e. The molecule has 204 valence electrons. The molecule has 4 heterocycles. The van der Waals surface area contributed by atoms with E-state index in [1.54, 1.807) is 31.6 Å². The molecular formula is C30H33FN4O3S. The average molecular weight is 549 g/mol. The van der Waals surface area contributed by atoms with Gasteiger partial charge in [-0.05, 0) is 69.2 Å². The van der Waals surface area contributed by atoms with E-state index in [2.05, 4.69) is 17.0 Å². The van der Waals surface area contributed by atoms with Crippen molar-refractivity contribution in [1.82, 2.24) is 14.3 Å². The lowest BCUT2D eigenvalue weighted by Gasteiger charge is -2.20. The third kappa shape index (κ3) is 5.33. The summed E-state index contributed by atoms with van der Waals surface area (Å²) in [5, 5.41) is 8.65. The van der Waals surface area contributed by atoms with Crippen LogP contribution in [0.4, 0.5) is 10.1 Å². The lowest BCUT2D eigenvalue weighted by atomic mass is 9.97. The molecule has 2 aliphatic rings. The molecule has 0 spiro atoms. The van der Waals surface area contributed by atoms with Gasteiger partial charge in [0.05, 0.1) is 25.1 Å². The van der Waals surface area contributed by atoms with Crippen molar-refractivity contribution in [3.63, 3.8) is 0 Å². The van der Waals surface area contributed by atoms with Crippen LogP contribution in [0.2, 0.25) is 0 Å². The van der Waals surface area contributed by atoms with Crippen LogP contribution < -0.4 is 16.4 Å². The highest BCUT2D eigenvalue weighted by atomic mass is 32.1. The molecule has 0 saturated heterocycles. The van der Waals surface area contributed by atoms with E-state index in [0.717, 1.165) is 36.8 Å². The Hall–Kier alpha value is -3.56. The largest absolute Gasteiger partial charge is 0.376 e. The van der Waals surface area contributed by atoms with Gasteiger partial charge < -0.3 is 14.6 Å². The second-order valence-corrected chi connectivity index (χ2v) is 11.2. The second kappa shape index (κ2) is 11.3. The number of halogens is 1. The number of pyridine rings is 1. The molecule has 5 rings (SSSR count). The number of nitrogens with one attached hydrogen (secondary N) is 1. The van der Waals surface area contributed by atoms with E-state index < -0.39 is 6.17 Å². The van der Waals surface area contributed by atoms with Crippen LogP contribution in [0.15, 0.2) is 64.1 Å². The fourth-order valence-corrected chi connectivity index (χ4v) is 6.58. The quantitative estimate of drug-likeness (QED) is 0.459. The summed E-state index contributed by atoms with van der Waals surface area (Å²) in [6, 6.07) is 1.75. The molecule has 1 atom stereocenters. The molecule has 0 radical (unpaired) electrons. The minimum Gasteiger partial charge on any atom is -0.376 e. The predicted molar refractivity (Wildman–Crippen MR) is 157 cm³/mol. The zero-order chi connectivity index (χ0) is 27.7. The molecule has 0 amide bonds. The Bertz CT molecular complexity index is 1650. The number of hydrogen-bond donors (Lipinski definition) is 1. The molecule has 1 aliphatic heterocycles. The van der Waals surface area contributed by atoms with E-state index in [4.69, 9.17) is 4.74 Å². The summed E-state index contributed by atoms with van der Waals surface area (Å²) in [5.41, 5.74) is 4.20. The number of ether oxygens (including phenoxy) is 1. The number of fused-ring (bicyclic) bond motifs is 5. The van der Waals surface area contributed by atoms with Gasteiger partial charge in [0, 0.05) is 40.3 Å². The van der Waals surface area contributed by atoms with Gasteiger partial charge in [0.2, 0.25) is 0 Å². The van der Waals surface area contributed by atoms with Crippen molar-refractivity contribution in [2.24, 2.45) is 7.05 Å². The number of aryl methyl sites for hydroxylation is 3. The molecule has 1 unspecified atom stereocenters. The summed E-state index contributed by atoms with van der Waals surface area (Å²) in [6.45, 7) is 7.85. The third-order valence-electron chi connectivity index (χ3n) is 7.14. The van der Waals surface area contributed by atoms with Gasteiger partial charge in [0.15, 0.2) is 0 Å². The number of aromatic nitrogens is 3. The third-order valence-corrected chi connectivity index (χ3v) is 8.44. The van der Waals surface area contributed by atoms with Crippen LogP contribution in [0.5, 0.6) is 0 Å². The predicted octanol–water partition coefficient (Wildman–Crippen LogP) is 5.61. The molecule has 0 aromatic carbocycles. The summed E-state index contributed by atoms with van der Waals surface area (Å²) in [6.07, 6.45) is 11.8. The van der Waals surface area contributed by atoms with Crippen molar-refractivity contribution in [2.45, 2.75) is 52.1 Å². The number of nitrogens with zero attached hydrogens (tertiary/aromatic N) is 3. The Morgan fingerprint density at radius 2 is 2.08 bits per heavy atom. The molecule has 39 heavy (non-hydrogen) atoms. The number of rotatable bonds is 4. The summed E-state index contributed by atoms with van der Waals surface area (Å²) < 4.78 is 24.2. The summed E-state index contributed by atoms with van der Waals surface area (Å²) in [7, 11) is 1.68. The standard InChI is InChI=1S/C30H33FN4O3S/c1-5-21-20-14-25(29(36)34(4)16-20)33-19(3)9-8-12-38-17-24(21)26(13-18(2)31)35-30(37)28-23(15-32-35)22-10-6-7-11-27(22)39-28/h5,9,13-16,18,33H,1,6-8,10-12,17H2,2-4H3/b19-9-,24-21+,26-13+. The molecular weight excluding hydrogens is 515 g/mol. The van der Waals surface area contributed by atoms with Crippen molar-refractivity contribution in [2.75, 3.05) is 18.5 Å². The van der Waals surface area contributed by atoms with Gasteiger partial charge in [0.25, 0.3) is 11.1 Å². The summed E-state index contributed by atoms with van der Waals surface area (Å²) in [4.78, 5) is 28.0. The highest BCUT2D eigenvalue weighted by Gasteiger charge is 2.23. The van der Waals surface area contributed by atoms with Gasteiger partial charge in [-0.1, -0.05) is 18.7 Å². The number of hydrogen-bond acceptors (Lipinski definition) is 6. The number of allylic oxidation sites excluding steroid dienone is 4. The van der Waals surface area contributed by atoms with Crippen LogP contribution in [0.1, 0.15) is 49.1 Å². The fraction of sp³-hybridized carbons (Fsp3) is 0.367. The highest BCUT2D eigenvalue weighted by molar-refractivity contribution is 7.19. The van der Waals surface area contributed by atoms with Crippen LogP contribution in [-0.2, 0) is 24.6 Å². The summed E-state index contributed by atoms with van der Waals surface area (Å²) in [5.74, 6) is 0. The molecule has 1 aliphatic carbocycles. The Kier molecular flexibility index (Phi) is 7.81. The maximum absolute atomic E-state index is 14.7. The van der Waals surface area contributed by atoms with Gasteiger partial charge in [-0.2, -0.15) is 9.78 Å². The Balaban J connectivity index is 1.76. The lowest BCUT2D eigenvalue weighted by Crippen LogP contribution is -2.25. The van der Waals surface area contributed by atoms with Crippen LogP contribution in [0.25, 0.3) is 21.4 Å². The Morgan fingerprint density at radius 3 is 2.85 bits per heavy atom. The van der Waals surface area contributed by atoms with Gasteiger partial charge in [0.1, 0.15) is 16.6 Å². The minimum atomic E-state index is -1.36. The molecule has 7 nitrogen and oxygen atoms in total. The Morgan fingerprint density at radius 1 is 1.28 bits per heavy atom. The van der Waals surface area contributed by atoms with E-state index in [9.17, 15) is 14.0 Å². The molecule has 2 bridgehead atoms. The zero-order valence-corrected chi connectivity index (χ0v) is 23.4. The SMILES string of the molecule is C=C/C1=C(\C(=C/C(C)F)n2ncc3c4c(sc3c2=O)CCCC4)COCC/C=C(/C)Nc2cc1cn(C)c2=O. The van der Waals surface area contributed by atoms with Crippen LogP contribution in [0, 0.1) is 0 Å². The van der Waals surface area contributed by atoms with Crippen molar-refractivity contribution in [3.05, 3.63) is 91.2 Å². The molecule has 9 heteroatoms. The number of thiophene rings is 1. The van der Waals surface area contributed by atoms with Gasteiger partial charge in [-0.15, -0.1) is 11.3 Å². The fourth-order valence-electron chi connectivity index (χ4n) is 5.29. The first-order valence-corrected chi connectivity index (χ1v) is 14.1. The monoisotopic (exact) mass is 548 g/mol. The Labute approximate surface area is 230 Å². The van der Waals surface area contributed by atoms with Crippen molar-refractivity contribution in [1.29, 1.82) is 0 Å². The maximum Gasteiger partial charge on any atom is 0.289 e. The topological polar surface area (TPSA) is 78.2 Å². The first-order chi connectivity index (χ1) is 18.8. The first kappa shape index (κ1) is 27.0. The maximum atomic E-state index is 14.7. The lowest BCUT2D eigenvalue weighted by molar-refractivity contribution is 0.163. The molecule has 3 aromatic rings. The van der Waals surface area contributed by atoms with E-state index in [0.29, 0.717) is 45.8 Å². The van der Waals surface area contributed by atoms with Crippen molar-refractivity contribution < 1.29 is 9.13 Å². The van der Waals surface area contributed by atoms with Gasteiger partial charge >= 0.3 is 0 Å². The van der Waals surface area contributed by atoms with E-state index in [1.165, 1.54) is 44.0 Å². The van der Waals surface area contributed by atoms with Gasteiger partial charge in [-0.3, -0.25) is 9.59 Å². The number of anilines is 1. The van der Waals surface area contributed by atoms with E-state index in [-0.39, 0.29) is 17.7 Å². The minimum absolute atomic E-state index is 0.103. The first-order valence-electron chi connectivity index (χ1n) is 13.3. The molecule has 3 aromatic heterocycles. The molecule has 0 saturated carbocycles. The van der Waals surface area contributed by atoms with Crippen LogP contribution in [-0.4, -0.2) is 33.7 Å². The van der Waals surface area contributed by atoms with Gasteiger partial charge in [-0.25, -0.2) is 4.39 Å². The number of alkyl halides is 1. The molecule has 0 fully saturated rings. The van der Waals surface area contributed by atoms with Crippen LogP contribution >= 0.6 is 11.3 Å². The van der Waals surface area contributed by atoms with E-state index in [1.807, 2.05) is 13.0 Å². The normalized spacial score (nSPS) is 20.7. The summed E-state index contributed by atoms with van der Waals surface area (Å²) >= 11 is 1.52. The second-order valence-electron chi connectivity index (χ2n) is 10.1. The highest BCUT2D eigenvalue weighted by Crippen LogP contribution is 2.35. The van der Waals surface area contributed by atoms with Crippen LogP contribution in [0.3, 0.4) is 0 Å². The van der Waals surface area contributed by atoms with Crippen molar-refractivity contribution in [3.8, 4) is 0 Å². The average Bonchev–Trinajstić information content (AvgIpc) is 3.29. The zero-order valence-electron chi connectivity index (χ0n) is 22.6. The van der Waals surface area contributed by atoms with E-state index >= 15 is 0 Å². The molecule has 1 N–H and O–H groups in total.